The third kappa shape index (κ3) is 4.11. The van der Waals surface area contributed by atoms with E-state index in [4.69, 9.17) is 0 Å². The first-order valence-electron chi connectivity index (χ1n) is 9.68. The van der Waals surface area contributed by atoms with Crippen molar-refractivity contribution in [2.24, 2.45) is 11.8 Å². The van der Waals surface area contributed by atoms with Gasteiger partial charge < -0.3 is 0 Å². The number of hydrogen-bond acceptors (Lipinski definition) is 3. The fourth-order valence-corrected chi connectivity index (χ4v) is 4.88. The predicted octanol–water partition coefficient (Wildman–Crippen LogP) is 5.81. The van der Waals surface area contributed by atoms with E-state index in [2.05, 4.69) is 70.1 Å². The second-order valence-corrected chi connectivity index (χ2v) is 8.17. The first kappa shape index (κ1) is 17.1. The van der Waals surface area contributed by atoms with Gasteiger partial charge in [-0.2, -0.15) is 0 Å². The molecule has 4 rings (SSSR count). The smallest absolute Gasteiger partial charge is 0.0461 e. The molecule has 0 aromatic heterocycles. The van der Waals surface area contributed by atoms with Gasteiger partial charge in [0.15, 0.2) is 0 Å². The maximum atomic E-state index is 3.75. The van der Waals surface area contributed by atoms with Gasteiger partial charge in [-0.3, -0.25) is 0 Å². The molecular weight excluding hydrogens is 324 g/mol. The summed E-state index contributed by atoms with van der Waals surface area (Å²) in [5.74, 6) is 1.55. The lowest BCUT2D eigenvalue weighted by Crippen LogP contribution is -2.34. The Balaban J connectivity index is 1.40. The lowest BCUT2D eigenvalue weighted by molar-refractivity contribution is 0.247. The Bertz CT molecular complexity index is 580. The number of hydrogen-bond donors (Lipinski definition) is 2. The van der Waals surface area contributed by atoms with Crippen LogP contribution in [0.25, 0.3) is 0 Å². The predicted molar refractivity (Wildman–Crippen MR) is 107 cm³/mol. The number of rotatable bonds is 8. The molecule has 2 fully saturated rings. The fourth-order valence-electron chi connectivity index (χ4n) is 3.90. The first-order valence-corrected chi connectivity index (χ1v) is 10.5. The highest BCUT2D eigenvalue weighted by atomic mass is 32.2. The Labute approximate surface area is 156 Å². The van der Waals surface area contributed by atoms with Crippen molar-refractivity contribution in [2.45, 2.75) is 50.6 Å². The van der Waals surface area contributed by atoms with Crippen molar-refractivity contribution in [3.63, 3.8) is 0 Å². The van der Waals surface area contributed by atoms with E-state index in [1.165, 1.54) is 49.7 Å². The molecule has 3 heteroatoms. The largest absolute Gasteiger partial charge is 0.243 e. The zero-order valence-corrected chi connectivity index (χ0v) is 15.6. The van der Waals surface area contributed by atoms with Gasteiger partial charge in [0.05, 0.1) is 0 Å². The van der Waals surface area contributed by atoms with E-state index in [0.717, 1.165) is 11.8 Å². The summed E-state index contributed by atoms with van der Waals surface area (Å²) >= 11 is 1.71. The van der Waals surface area contributed by atoms with Gasteiger partial charge >= 0.3 is 0 Å². The third-order valence-corrected chi connectivity index (χ3v) is 6.68. The van der Waals surface area contributed by atoms with E-state index < -0.39 is 0 Å². The van der Waals surface area contributed by atoms with Gasteiger partial charge in [0.1, 0.15) is 0 Å². The highest BCUT2D eigenvalue weighted by molar-refractivity contribution is 7.95. The zero-order valence-electron chi connectivity index (χ0n) is 14.7. The average Bonchev–Trinajstić information content (AvgIpc) is 2.58. The van der Waals surface area contributed by atoms with E-state index in [0.29, 0.717) is 12.1 Å². The van der Waals surface area contributed by atoms with Crippen molar-refractivity contribution < 1.29 is 0 Å². The molecule has 2 unspecified atom stereocenters. The van der Waals surface area contributed by atoms with Crippen molar-refractivity contribution in [1.82, 2.24) is 9.44 Å². The van der Waals surface area contributed by atoms with Gasteiger partial charge in [-0.05, 0) is 48.6 Å². The Hall–Kier alpha value is -1.29. The first-order chi connectivity index (χ1) is 12.4. The van der Waals surface area contributed by atoms with E-state index in [1.54, 1.807) is 12.1 Å². The van der Waals surface area contributed by atoms with Gasteiger partial charge in [-0.15, -0.1) is 0 Å². The summed E-state index contributed by atoms with van der Waals surface area (Å²) in [5.41, 5.74) is 2.84. The SMILES string of the molecule is c1ccc(C(NSNC(c2ccccc2)C2CCC2)C2CCC2)cc1. The zero-order chi connectivity index (χ0) is 16.9. The maximum Gasteiger partial charge on any atom is 0.0461 e. The van der Waals surface area contributed by atoms with Crippen LogP contribution in [0.3, 0.4) is 0 Å². The van der Waals surface area contributed by atoms with Gasteiger partial charge in [0.25, 0.3) is 0 Å². The second-order valence-electron chi connectivity index (χ2n) is 7.50. The average molecular weight is 353 g/mol. The topological polar surface area (TPSA) is 24.1 Å². The Morgan fingerprint density at radius 1 is 0.640 bits per heavy atom. The third-order valence-electron chi connectivity index (χ3n) is 5.93. The number of nitrogens with one attached hydrogen (secondary N) is 2. The summed E-state index contributed by atoms with van der Waals surface area (Å²) in [6, 6.07) is 22.8. The minimum Gasteiger partial charge on any atom is -0.243 e. The van der Waals surface area contributed by atoms with Crippen molar-refractivity contribution in [3.05, 3.63) is 71.8 Å². The van der Waals surface area contributed by atoms with Crippen LogP contribution in [0.1, 0.15) is 61.7 Å². The quantitative estimate of drug-likeness (QED) is 0.586. The molecule has 2 saturated carbocycles. The van der Waals surface area contributed by atoms with Gasteiger partial charge in [0, 0.05) is 24.2 Å². The van der Waals surface area contributed by atoms with Gasteiger partial charge in [-0.25, -0.2) is 9.44 Å². The second kappa shape index (κ2) is 8.39. The molecule has 2 nitrogen and oxygen atoms in total. The maximum absolute atomic E-state index is 3.75. The molecule has 0 aliphatic heterocycles. The van der Waals surface area contributed by atoms with Crippen LogP contribution in [0.5, 0.6) is 0 Å². The molecular formula is C22H28N2S. The van der Waals surface area contributed by atoms with Crippen molar-refractivity contribution in [3.8, 4) is 0 Å². The molecule has 2 N–H and O–H groups in total. The molecule has 0 heterocycles. The van der Waals surface area contributed by atoms with Crippen LogP contribution in [0.4, 0.5) is 0 Å². The van der Waals surface area contributed by atoms with Crippen LogP contribution in [-0.2, 0) is 0 Å². The summed E-state index contributed by atoms with van der Waals surface area (Å²) in [5, 5.41) is 0. The number of benzene rings is 2. The Kier molecular flexibility index (Phi) is 5.75. The summed E-state index contributed by atoms with van der Waals surface area (Å²) in [4.78, 5) is 0. The fraction of sp³-hybridized carbons (Fsp3) is 0.455. The summed E-state index contributed by atoms with van der Waals surface area (Å²) in [6.45, 7) is 0. The molecule has 0 amide bonds. The van der Waals surface area contributed by atoms with E-state index in [1.807, 2.05) is 0 Å². The van der Waals surface area contributed by atoms with E-state index in [-0.39, 0.29) is 0 Å². The highest BCUT2D eigenvalue weighted by Gasteiger charge is 2.31. The molecule has 25 heavy (non-hydrogen) atoms. The summed E-state index contributed by atoms with van der Waals surface area (Å²) in [7, 11) is 0. The highest BCUT2D eigenvalue weighted by Crippen LogP contribution is 2.40. The van der Waals surface area contributed by atoms with Gasteiger partial charge in [0.2, 0.25) is 0 Å². The van der Waals surface area contributed by atoms with Crippen molar-refractivity contribution in [2.75, 3.05) is 0 Å². The molecule has 2 aromatic carbocycles. The summed E-state index contributed by atoms with van der Waals surface area (Å²) < 4.78 is 7.49. The Morgan fingerprint density at radius 3 is 1.36 bits per heavy atom. The van der Waals surface area contributed by atoms with Crippen LogP contribution in [0, 0.1) is 11.8 Å². The molecule has 0 saturated heterocycles. The molecule has 2 aliphatic rings. The molecule has 2 aliphatic carbocycles. The molecule has 0 spiro atoms. The Morgan fingerprint density at radius 2 is 1.04 bits per heavy atom. The van der Waals surface area contributed by atoms with Crippen molar-refractivity contribution >= 4 is 12.1 Å². The minimum absolute atomic E-state index is 0.449. The standard InChI is InChI=1S/C22H28N2S/c1-3-9-17(10-4-1)21(19-13-7-14-19)23-25-24-22(20-15-8-16-20)18-11-5-2-6-12-18/h1-6,9-12,19-24H,7-8,13-16H2. The van der Waals surface area contributed by atoms with Crippen LogP contribution in [0.2, 0.25) is 0 Å². The van der Waals surface area contributed by atoms with Gasteiger partial charge in [-0.1, -0.05) is 73.5 Å². The summed E-state index contributed by atoms with van der Waals surface area (Å²) in [6.07, 6.45) is 8.14. The minimum atomic E-state index is 0.449. The van der Waals surface area contributed by atoms with Crippen LogP contribution >= 0.6 is 12.1 Å². The van der Waals surface area contributed by atoms with Crippen LogP contribution in [0.15, 0.2) is 60.7 Å². The molecule has 0 radical (unpaired) electrons. The van der Waals surface area contributed by atoms with Crippen LogP contribution in [-0.4, -0.2) is 0 Å². The van der Waals surface area contributed by atoms with E-state index >= 15 is 0 Å². The van der Waals surface area contributed by atoms with Crippen molar-refractivity contribution in [1.29, 1.82) is 0 Å². The monoisotopic (exact) mass is 352 g/mol. The molecule has 2 atom stereocenters. The van der Waals surface area contributed by atoms with Crippen LogP contribution < -0.4 is 9.44 Å². The molecule has 2 aromatic rings. The molecule has 0 bridgehead atoms. The lowest BCUT2D eigenvalue weighted by atomic mass is 9.77. The van der Waals surface area contributed by atoms with E-state index in [9.17, 15) is 0 Å². The lowest BCUT2D eigenvalue weighted by Gasteiger charge is -2.37. The normalized spacial score (nSPS) is 20.5. The molecule has 132 valence electrons.